The fraction of sp³-hybridized carbons (Fsp3) is 0.633. The lowest BCUT2D eigenvalue weighted by Crippen LogP contribution is -2.52. The zero-order valence-corrected chi connectivity index (χ0v) is 27.1. The van der Waals surface area contributed by atoms with Gasteiger partial charge in [-0.3, -0.25) is 38.7 Å². The lowest BCUT2D eigenvalue weighted by atomic mass is 10.0. The first-order chi connectivity index (χ1) is 21.0. The van der Waals surface area contributed by atoms with Crippen LogP contribution in [0.1, 0.15) is 50.5 Å². The van der Waals surface area contributed by atoms with E-state index in [1.54, 1.807) is 24.1 Å². The highest BCUT2D eigenvalue weighted by Crippen LogP contribution is 2.14. The number of nitrogens with one attached hydrogen (secondary N) is 1. The molecule has 1 fully saturated rings. The summed E-state index contributed by atoms with van der Waals surface area (Å²) < 4.78 is 0. The molecule has 0 aromatic heterocycles. The number of carbonyl (C=O) groups is 5. The zero-order valence-electron chi connectivity index (χ0n) is 27.1. The second-order valence-electron chi connectivity index (χ2n) is 9.34. The average molecular weight is 628 g/mol. The molecule has 0 saturated carbocycles. The molecule has 1 unspecified atom stereocenters. The molecule has 5 N–H and O–H groups in total. The van der Waals surface area contributed by atoms with E-state index >= 15 is 0 Å². The summed E-state index contributed by atoms with van der Waals surface area (Å²) in [5, 5.41) is 37.8. The number of likely N-dealkylation sites (N-methyl/N-ethyl adjacent to an activating group) is 1. The van der Waals surface area contributed by atoms with Crippen molar-refractivity contribution in [2.75, 3.05) is 79.0 Å². The van der Waals surface area contributed by atoms with Crippen LogP contribution in [0.15, 0.2) is 24.3 Å². The first-order valence-corrected chi connectivity index (χ1v) is 15.0. The molecular weight excluding hydrogens is 574 g/mol. The van der Waals surface area contributed by atoms with Crippen molar-refractivity contribution in [1.82, 2.24) is 24.9 Å². The van der Waals surface area contributed by atoms with Gasteiger partial charge in [0, 0.05) is 64.5 Å². The van der Waals surface area contributed by atoms with Crippen molar-refractivity contribution < 1.29 is 44.4 Å². The van der Waals surface area contributed by atoms with E-state index in [2.05, 4.69) is 10.2 Å². The van der Waals surface area contributed by atoms with Crippen molar-refractivity contribution in [3.8, 4) is 0 Å². The summed E-state index contributed by atoms with van der Waals surface area (Å²) in [4.78, 5) is 62.5. The lowest BCUT2D eigenvalue weighted by molar-refractivity contribution is -0.141. The first kappa shape index (κ1) is 42.5. The number of benzene rings is 1. The van der Waals surface area contributed by atoms with Crippen LogP contribution >= 0.6 is 0 Å². The van der Waals surface area contributed by atoms with Crippen molar-refractivity contribution in [3.05, 3.63) is 35.4 Å². The molecule has 0 aliphatic carbocycles. The van der Waals surface area contributed by atoms with Gasteiger partial charge in [0.2, 0.25) is 0 Å². The minimum Gasteiger partial charge on any atom is -0.483 e. The van der Waals surface area contributed by atoms with Crippen molar-refractivity contribution in [3.63, 3.8) is 0 Å². The Labute approximate surface area is 261 Å². The topological polar surface area (TPSA) is 191 Å². The second-order valence-corrected chi connectivity index (χ2v) is 9.34. The van der Waals surface area contributed by atoms with E-state index in [0.29, 0.717) is 64.3 Å². The van der Waals surface area contributed by atoms with E-state index in [4.69, 9.17) is 9.90 Å². The highest BCUT2D eigenvalue weighted by Gasteiger charge is 2.26. The highest BCUT2D eigenvalue weighted by molar-refractivity contribution is 5.93. The minimum atomic E-state index is -0.994. The maximum atomic E-state index is 11.9. The van der Waals surface area contributed by atoms with Crippen molar-refractivity contribution >= 4 is 30.3 Å². The van der Waals surface area contributed by atoms with Gasteiger partial charge in [-0.15, -0.1) is 0 Å². The molecule has 252 valence electrons. The Hall–Kier alpha value is -3.59. The van der Waals surface area contributed by atoms with Crippen molar-refractivity contribution in [1.29, 1.82) is 0 Å². The van der Waals surface area contributed by atoms with Gasteiger partial charge in [-0.05, 0) is 30.7 Å². The maximum Gasteiger partial charge on any atom is 0.317 e. The number of rotatable bonds is 10. The SMILES string of the molecule is CC.CC.CCN1CCN(CC(=O)O)CCN(CC(=O)O)CCN(CC(=O)O)C(Cc2ccc(C(=O)NC)cc2)C1.O=CO. The van der Waals surface area contributed by atoms with Gasteiger partial charge in [-0.25, -0.2) is 0 Å². The molecule has 0 spiro atoms. The third-order valence-electron chi connectivity index (χ3n) is 6.57. The van der Waals surface area contributed by atoms with Crippen LogP contribution in [0.4, 0.5) is 0 Å². The molecular formula is C30H53N5O9. The van der Waals surface area contributed by atoms with E-state index in [0.717, 1.165) is 5.56 Å². The Morgan fingerprint density at radius 3 is 1.57 bits per heavy atom. The predicted molar refractivity (Wildman–Crippen MR) is 168 cm³/mol. The molecule has 1 atom stereocenters. The summed E-state index contributed by atoms with van der Waals surface area (Å²) in [7, 11) is 1.56. The molecule has 1 aliphatic heterocycles. The fourth-order valence-corrected chi connectivity index (χ4v) is 4.52. The van der Waals surface area contributed by atoms with Gasteiger partial charge in [0.25, 0.3) is 12.4 Å². The van der Waals surface area contributed by atoms with Crippen LogP contribution in [0.3, 0.4) is 0 Å². The van der Waals surface area contributed by atoms with Crippen LogP contribution in [-0.4, -0.2) is 155 Å². The smallest absolute Gasteiger partial charge is 0.317 e. The third kappa shape index (κ3) is 18.8. The van der Waals surface area contributed by atoms with Gasteiger partial charge >= 0.3 is 17.9 Å². The Morgan fingerprint density at radius 1 is 0.773 bits per heavy atom. The number of carbonyl (C=O) groups excluding carboxylic acids is 1. The fourth-order valence-electron chi connectivity index (χ4n) is 4.52. The zero-order chi connectivity index (χ0) is 34.1. The summed E-state index contributed by atoms with van der Waals surface area (Å²) in [5.74, 6) is -3.09. The average Bonchev–Trinajstić information content (AvgIpc) is 3.00. The summed E-state index contributed by atoms with van der Waals surface area (Å²) in [6, 6.07) is 7.01. The summed E-state index contributed by atoms with van der Waals surface area (Å²) in [5.41, 5.74) is 1.48. The maximum absolute atomic E-state index is 11.9. The summed E-state index contributed by atoms with van der Waals surface area (Å²) in [6.45, 7) is 13.0. The van der Waals surface area contributed by atoms with Crippen LogP contribution in [-0.2, 0) is 25.6 Å². The number of hydrogen-bond acceptors (Lipinski definition) is 9. The lowest BCUT2D eigenvalue weighted by Gasteiger charge is -2.37. The number of carboxylic acids is 3. The molecule has 44 heavy (non-hydrogen) atoms. The van der Waals surface area contributed by atoms with Crippen LogP contribution in [0.2, 0.25) is 0 Å². The van der Waals surface area contributed by atoms with Crippen molar-refractivity contribution in [2.24, 2.45) is 0 Å². The number of hydrogen-bond donors (Lipinski definition) is 5. The minimum absolute atomic E-state index is 0.134. The monoisotopic (exact) mass is 627 g/mol. The van der Waals surface area contributed by atoms with Crippen LogP contribution < -0.4 is 5.32 Å². The molecule has 2 rings (SSSR count). The normalized spacial score (nSPS) is 16.9. The number of amides is 1. The molecule has 1 aliphatic rings. The second kappa shape index (κ2) is 25.9. The predicted octanol–water partition coefficient (Wildman–Crippen LogP) is 1.21. The Morgan fingerprint density at radius 2 is 1.18 bits per heavy atom. The Balaban J connectivity index is 0. The molecule has 14 nitrogen and oxygen atoms in total. The highest BCUT2D eigenvalue weighted by atomic mass is 16.4. The number of aliphatic carboxylic acids is 3. The van der Waals surface area contributed by atoms with E-state index in [1.807, 2.05) is 56.6 Å². The Kier molecular flexibility index (Phi) is 25.0. The van der Waals surface area contributed by atoms with Crippen LogP contribution in [0.5, 0.6) is 0 Å². The van der Waals surface area contributed by atoms with Crippen LogP contribution in [0.25, 0.3) is 0 Å². The van der Waals surface area contributed by atoms with Gasteiger partial charge in [0.15, 0.2) is 0 Å². The van der Waals surface area contributed by atoms with Crippen molar-refractivity contribution in [2.45, 2.75) is 47.1 Å². The molecule has 1 amide bonds. The molecule has 1 aromatic carbocycles. The largest absolute Gasteiger partial charge is 0.483 e. The summed E-state index contributed by atoms with van der Waals surface area (Å²) >= 11 is 0. The van der Waals surface area contributed by atoms with Gasteiger partial charge in [0.05, 0.1) is 19.6 Å². The molecule has 0 radical (unpaired) electrons. The molecule has 1 heterocycles. The number of nitrogens with zero attached hydrogens (tertiary/aromatic N) is 4. The van der Waals surface area contributed by atoms with E-state index in [1.165, 1.54) is 0 Å². The molecule has 1 aromatic rings. The standard InChI is InChI=1S/C25H39N5O7.2C2H6.CH2O2/c1-3-27-8-9-28(16-22(31)32)10-11-29(17-23(33)34)12-13-30(18-24(35)36)21(15-27)14-19-4-6-20(7-5-19)25(37)26-2;2*1-2;2-1-3/h4-7,21H,3,8-18H2,1-2H3,(H,26,37)(H,31,32)(H,33,34)(H,35,36);2*1-2H3;1H,(H,2,3). The van der Waals surface area contributed by atoms with Gasteiger partial charge < -0.3 is 30.6 Å². The first-order valence-electron chi connectivity index (χ1n) is 15.0. The quantitative estimate of drug-likeness (QED) is 0.233. The molecule has 14 heteroatoms. The van der Waals surface area contributed by atoms with Gasteiger partial charge in [-0.2, -0.15) is 0 Å². The van der Waals surface area contributed by atoms with Crippen LogP contribution in [0, 0.1) is 0 Å². The third-order valence-corrected chi connectivity index (χ3v) is 6.57. The van der Waals surface area contributed by atoms with Gasteiger partial charge in [0.1, 0.15) is 0 Å². The van der Waals surface area contributed by atoms with Gasteiger partial charge in [-0.1, -0.05) is 46.8 Å². The van der Waals surface area contributed by atoms with E-state index in [9.17, 15) is 34.5 Å². The number of carboxylic acid groups (broad SMARTS) is 4. The molecule has 0 bridgehead atoms. The molecule has 1 saturated heterocycles. The summed E-state index contributed by atoms with van der Waals surface area (Å²) in [6.07, 6.45) is 0.537. The van der Waals surface area contributed by atoms with E-state index < -0.39 is 17.9 Å². The van der Waals surface area contributed by atoms with E-state index in [-0.39, 0.29) is 38.1 Å². The Bertz CT molecular complexity index is 963.